The summed E-state index contributed by atoms with van der Waals surface area (Å²) in [4.78, 5) is 52.9. The van der Waals surface area contributed by atoms with E-state index < -0.39 is 28.3 Å². The molecule has 3 N–H and O–H groups in total. The molecular weight excluding hydrogens is 504 g/mol. The molecule has 0 radical (unpaired) electrons. The number of nitrogens with one attached hydrogen (secondary N) is 3. The molecule has 0 atom stereocenters. The van der Waals surface area contributed by atoms with Crippen LogP contribution in [0.4, 0.5) is 5.69 Å². The number of nitro groups is 1. The lowest BCUT2D eigenvalue weighted by Crippen LogP contribution is -2.42. The Labute approximate surface area is 221 Å². The van der Waals surface area contributed by atoms with E-state index in [1.54, 1.807) is 13.0 Å². The van der Waals surface area contributed by atoms with E-state index in [4.69, 9.17) is 4.42 Å². The number of hydrazine groups is 1. The summed E-state index contributed by atoms with van der Waals surface area (Å²) >= 11 is 0. The van der Waals surface area contributed by atoms with Gasteiger partial charge in [0.25, 0.3) is 17.5 Å². The molecule has 12 nitrogen and oxygen atoms in total. The molecule has 2 aromatic heterocycles. The molecule has 4 aromatic rings. The molecule has 0 saturated heterocycles. The number of hydrogen-bond acceptors (Lipinski definition) is 8. The third-order valence-electron chi connectivity index (χ3n) is 6.29. The normalized spacial score (nSPS) is 13.5. The maximum atomic E-state index is 12.8. The van der Waals surface area contributed by atoms with E-state index >= 15 is 0 Å². The third-order valence-corrected chi connectivity index (χ3v) is 6.29. The summed E-state index contributed by atoms with van der Waals surface area (Å²) in [6.07, 6.45) is 1.80. The number of carbonyl (C=O) groups excluding carboxylic acids is 3. The van der Waals surface area contributed by atoms with E-state index in [-0.39, 0.29) is 17.0 Å². The number of nitrogens with zero attached hydrogens (tertiary/aromatic N) is 3. The van der Waals surface area contributed by atoms with Gasteiger partial charge in [-0.2, -0.15) is 5.10 Å². The monoisotopic (exact) mass is 526 g/mol. The first-order valence-corrected chi connectivity index (χ1v) is 12.0. The van der Waals surface area contributed by atoms with Gasteiger partial charge in [-0.15, -0.1) is 0 Å². The Morgan fingerprint density at radius 2 is 1.69 bits per heavy atom. The molecule has 12 heteroatoms. The molecule has 0 spiro atoms. The summed E-state index contributed by atoms with van der Waals surface area (Å²) in [5, 5.41) is 16.4. The van der Waals surface area contributed by atoms with Crippen LogP contribution in [0.5, 0.6) is 0 Å². The third kappa shape index (κ3) is 5.07. The van der Waals surface area contributed by atoms with Crippen molar-refractivity contribution >= 4 is 40.0 Å². The highest BCUT2D eigenvalue weighted by molar-refractivity contribution is 6.07. The van der Waals surface area contributed by atoms with Crippen LogP contribution in [-0.4, -0.2) is 33.3 Å². The number of carbonyl (C=O) groups is 3. The second-order valence-corrected chi connectivity index (χ2v) is 8.78. The number of nitro benzene ring substituents is 1. The maximum Gasteiger partial charge on any atom is 0.305 e. The van der Waals surface area contributed by atoms with Crippen LogP contribution in [-0.2, 0) is 6.42 Å². The molecule has 1 aliphatic rings. The number of para-hydroxylation sites is 2. The van der Waals surface area contributed by atoms with Crippen LogP contribution in [0.25, 0.3) is 10.9 Å². The number of hydrogen-bond donors (Lipinski definition) is 3. The van der Waals surface area contributed by atoms with Crippen LogP contribution in [0.3, 0.4) is 0 Å². The number of amides is 3. The predicted molar refractivity (Wildman–Crippen MR) is 140 cm³/mol. The van der Waals surface area contributed by atoms with Gasteiger partial charge in [-0.05, 0) is 38.0 Å². The molecule has 2 heterocycles. The van der Waals surface area contributed by atoms with Crippen LogP contribution >= 0.6 is 0 Å². The van der Waals surface area contributed by atoms with Crippen molar-refractivity contribution in [1.29, 1.82) is 0 Å². The van der Waals surface area contributed by atoms with Gasteiger partial charge in [0.05, 0.1) is 16.2 Å². The molecule has 2 aromatic carbocycles. The highest BCUT2D eigenvalue weighted by Crippen LogP contribution is 2.30. The smallest absolute Gasteiger partial charge is 0.305 e. The van der Waals surface area contributed by atoms with Gasteiger partial charge >= 0.3 is 5.91 Å². The van der Waals surface area contributed by atoms with Gasteiger partial charge in [0.15, 0.2) is 5.76 Å². The summed E-state index contributed by atoms with van der Waals surface area (Å²) < 4.78 is 5.79. The minimum absolute atomic E-state index is 0.0417. The van der Waals surface area contributed by atoms with Crippen molar-refractivity contribution in [2.75, 3.05) is 0 Å². The molecule has 196 valence electrons. The molecular formula is C27H22N6O6. The van der Waals surface area contributed by atoms with Crippen molar-refractivity contribution in [3.05, 3.63) is 105 Å². The van der Waals surface area contributed by atoms with Crippen molar-refractivity contribution < 1.29 is 23.7 Å². The minimum Gasteiger partial charge on any atom is -0.455 e. The number of benzene rings is 2. The Kier molecular flexibility index (Phi) is 6.83. The van der Waals surface area contributed by atoms with Crippen molar-refractivity contribution in [1.82, 2.24) is 21.3 Å². The zero-order valence-electron chi connectivity index (χ0n) is 20.7. The molecule has 0 saturated carbocycles. The molecule has 0 aliphatic heterocycles. The fraction of sp³-hybridized carbons (Fsp3) is 0.148. The Bertz CT molecular complexity index is 1670. The van der Waals surface area contributed by atoms with Crippen molar-refractivity contribution in [2.45, 2.75) is 26.2 Å². The van der Waals surface area contributed by atoms with Crippen molar-refractivity contribution in [2.24, 2.45) is 5.10 Å². The zero-order chi connectivity index (χ0) is 27.5. The van der Waals surface area contributed by atoms with Crippen LogP contribution in [0.1, 0.15) is 61.1 Å². The maximum absolute atomic E-state index is 12.8. The fourth-order valence-corrected chi connectivity index (χ4v) is 4.43. The second kappa shape index (κ2) is 10.5. The van der Waals surface area contributed by atoms with Gasteiger partial charge in [0, 0.05) is 29.0 Å². The summed E-state index contributed by atoms with van der Waals surface area (Å²) in [5.41, 5.74) is 8.93. The van der Waals surface area contributed by atoms with Gasteiger partial charge < -0.3 is 4.42 Å². The molecule has 3 amide bonds. The lowest BCUT2D eigenvalue weighted by molar-refractivity contribution is -0.385. The Morgan fingerprint density at radius 3 is 2.51 bits per heavy atom. The van der Waals surface area contributed by atoms with Crippen LogP contribution in [0, 0.1) is 17.0 Å². The Balaban J connectivity index is 1.31. The highest BCUT2D eigenvalue weighted by Gasteiger charge is 2.29. The van der Waals surface area contributed by atoms with Crippen molar-refractivity contribution in [3.8, 4) is 0 Å². The number of rotatable bonds is 5. The lowest BCUT2D eigenvalue weighted by atomic mass is 9.93. The van der Waals surface area contributed by atoms with Crippen LogP contribution < -0.4 is 16.3 Å². The van der Waals surface area contributed by atoms with E-state index in [9.17, 15) is 24.5 Å². The molecule has 0 bridgehead atoms. The molecule has 0 unspecified atom stereocenters. The standard InChI is InChI=1S/C27H22N6O6/c1-15-23-19(29-31-26(35)20-14-13-16-7-2-4-9-18(16)28-20)10-6-12-22(23)39-24(15)27(36)32-30-25(34)17-8-3-5-11-21(17)33(37)38/h2-5,7-9,11,13-14H,6,10,12H2,1H3,(H,30,34)(H,31,35)(H,32,36)/b29-19+. The average Bonchev–Trinajstić information content (AvgIpc) is 3.31. The number of pyridine rings is 1. The molecule has 39 heavy (non-hydrogen) atoms. The average molecular weight is 527 g/mol. The number of aromatic nitrogens is 1. The number of furan rings is 1. The highest BCUT2D eigenvalue weighted by atomic mass is 16.6. The molecule has 1 aliphatic carbocycles. The zero-order valence-corrected chi connectivity index (χ0v) is 20.7. The first kappa shape index (κ1) is 25.3. The molecule has 0 fully saturated rings. The Morgan fingerprint density at radius 1 is 0.949 bits per heavy atom. The molecule has 5 rings (SSSR count). The van der Waals surface area contributed by atoms with Gasteiger partial charge in [-0.25, -0.2) is 10.4 Å². The van der Waals surface area contributed by atoms with Gasteiger partial charge in [0.1, 0.15) is 17.0 Å². The topological polar surface area (TPSA) is 169 Å². The van der Waals surface area contributed by atoms with Gasteiger partial charge in [-0.3, -0.25) is 35.3 Å². The first-order valence-electron chi connectivity index (χ1n) is 12.0. The van der Waals surface area contributed by atoms with E-state index in [0.717, 1.165) is 5.39 Å². The van der Waals surface area contributed by atoms with E-state index in [1.807, 2.05) is 30.3 Å². The number of fused-ring (bicyclic) bond motifs is 2. The van der Waals surface area contributed by atoms with Crippen LogP contribution in [0.15, 0.2) is 70.2 Å². The van der Waals surface area contributed by atoms with E-state index in [1.165, 1.54) is 24.3 Å². The summed E-state index contributed by atoms with van der Waals surface area (Å²) in [6, 6.07) is 16.3. The van der Waals surface area contributed by atoms with Gasteiger partial charge in [0.2, 0.25) is 0 Å². The summed E-state index contributed by atoms with van der Waals surface area (Å²) in [5.74, 6) is -1.57. The van der Waals surface area contributed by atoms with Gasteiger partial charge in [-0.1, -0.05) is 36.4 Å². The first-order chi connectivity index (χ1) is 18.8. The Hall–Kier alpha value is -5.39. The van der Waals surface area contributed by atoms with Crippen LogP contribution in [0.2, 0.25) is 0 Å². The summed E-state index contributed by atoms with van der Waals surface area (Å²) in [7, 11) is 0. The SMILES string of the molecule is Cc1c(C(=O)NNC(=O)c2ccccc2[N+](=O)[O-])oc2c1/C(=N/NC(=O)c1ccc3ccccc3n1)CCC2. The minimum atomic E-state index is -0.850. The second-order valence-electron chi connectivity index (χ2n) is 8.78. The van der Waals surface area contributed by atoms with Crippen molar-refractivity contribution in [3.63, 3.8) is 0 Å². The number of aryl methyl sites for hydroxylation is 1. The van der Waals surface area contributed by atoms with E-state index in [2.05, 4.69) is 26.4 Å². The largest absolute Gasteiger partial charge is 0.455 e. The predicted octanol–water partition coefficient (Wildman–Crippen LogP) is 3.59. The summed E-state index contributed by atoms with van der Waals surface area (Å²) in [6.45, 7) is 1.68. The lowest BCUT2D eigenvalue weighted by Gasteiger charge is -2.13. The quantitative estimate of drug-likeness (QED) is 0.264. The fourth-order valence-electron chi connectivity index (χ4n) is 4.43. The number of hydrazone groups is 1. The van der Waals surface area contributed by atoms with E-state index in [0.29, 0.717) is 47.4 Å².